The molecule has 0 aliphatic heterocycles. The number of hydrogen-bond acceptors (Lipinski definition) is 6. The first-order chi connectivity index (χ1) is 12.4. The van der Waals surface area contributed by atoms with E-state index in [0.717, 1.165) is 43.0 Å². The van der Waals surface area contributed by atoms with Gasteiger partial charge in [0.25, 0.3) is 11.2 Å². The molecule has 1 aliphatic carbocycles. The van der Waals surface area contributed by atoms with Gasteiger partial charge < -0.3 is 0 Å². The number of nitrogens with zero attached hydrogens (tertiary/aromatic N) is 3. The van der Waals surface area contributed by atoms with E-state index >= 15 is 0 Å². The number of nitro benzene ring substituents is 1. The zero-order valence-electron chi connectivity index (χ0n) is 13.9. The maximum atomic E-state index is 12.3. The van der Waals surface area contributed by atoms with E-state index in [0.29, 0.717) is 0 Å². The van der Waals surface area contributed by atoms with Crippen molar-refractivity contribution in [2.45, 2.75) is 37.1 Å². The molecule has 1 aliphatic rings. The molecule has 9 nitrogen and oxygen atoms in total. The molecule has 0 radical (unpaired) electrons. The van der Waals surface area contributed by atoms with Gasteiger partial charge in [-0.1, -0.05) is 6.07 Å². The number of benzene rings is 1. The van der Waals surface area contributed by atoms with Crippen LogP contribution in [0.1, 0.15) is 24.1 Å². The molecule has 0 saturated heterocycles. The predicted molar refractivity (Wildman–Crippen MR) is 93.4 cm³/mol. The minimum absolute atomic E-state index is 0.0449. The lowest BCUT2D eigenvalue weighted by Crippen LogP contribution is -2.33. The molecule has 0 saturated carbocycles. The summed E-state index contributed by atoms with van der Waals surface area (Å²) >= 11 is 0. The fraction of sp³-hybridized carbons (Fsp3) is 0.375. The van der Waals surface area contributed by atoms with Crippen LogP contribution in [0.5, 0.6) is 0 Å². The van der Waals surface area contributed by atoms with Gasteiger partial charge in [-0.2, -0.15) is 5.10 Å². The molecule has 1 heterocycles. The minimum atomic E-state index is -3.91. The van der Waals surface area contributed by atoms with Gasteiger partial charge in [0.1, 0.15) is 0 Å². The number of aryl methyl sites for hydroxylation is 2. The van der Waals surface area contributed by atoms with Crippen LogP contribution in [-0.2, 0) is 29.4 Å². The zero-order valence-corrected chi connectivity index (χ0v) is 14.7. The van der Waals surface area contributed by atoms with Gasteiger partial charge in [0, 0.05) is 24.7 Å². The summed E-state index contributed by atoms with van der Waals surface area (Å²) in [5.74, 6) is 0. The smallest absolute Gasteiger partial charge is 0.268 e. The standard InChI is InChI=1S/C16H18N4O5S/c21-16-10-12-4-1-2-7-15(12)18-19(16)9-8-17-26(24,25)14-6-3-5-13(11-14)20(22)23/h3,5-6,10-11,17H,1-2,4,7-9H2. The molecule has 0 unspecified atom stereocenters. The van der Waals surface area contributed by atoms with Gasteiger partial charge >= 0.3 is 0 Å². The van der Waals surface area contributed by atoms with Gasteiger partial charge in [-0.15, -0.1) is 0 Å². The largest absolute Gasteiger partial charge is 0.270 e. The third-order valence-electron chi connectivity index (χ3n) is 4.23. The van der Waals surface area contributed by atoms with Gasteiger partial charge in [0.2, 0.25) is 10.0 Å². The van der Waals surface area contributed by atoms with E-state index in [1.54, 1.807) is 6.07 Å². The summed E-state index contributed by atoms with van der Waals surface area (Å²) in [7, 11) is -3.91. The summed E-state index contributed by atoms with van der Waals surface area (Å²) in [6.07, 6.45) is 3.73. The highest BCUT2D eigenvalue weighted by molar-refractivity contribution is 7.89. The molecule has 10 heteroatoms. The number of sulfonamides is 1. The number of hydrogen-bond donors (Lipinski definition) is 1. The molecule has 2 aromatic rings. The highest BCUT2D eigenvalue weighted by Gasteiger charge is 2.18. The second kappa shape index (κ2) is 7.34. The Labute approximate surface area is 149 Å². The summed E-state index contributed by atoms with van der Waals surface area (Å²) in [6, 6.07) is 6.36. The number of non-ortho nitro benzene ring substituents is 1. The van der Waals surface area contributed by atoms with Crippen molar-refractivity contribution >= 4 is 15.7 Å². The number of rotatable bonds is 6. The predicted octanol–water partition coefficient (Wildman–Crippen LogP) is 1.01. The Morgan fingerprint density at radius 3 is 2.77 bits per heavy atom. The van der Waals surface area contributed by atoms with Crippen LogP contribution < -0.4 is 10.3 Å². The van der Waals surface area contributed by atoms with Crippen LogP contribution in [0, 0.1) is 10.1 Å². The van der Waals surface area contributed by atoms with Crippen molar-refractivity contribution in [3.05, 3.63) is 62.1 Å². The Morgan fingerprint density at radius 2 is 2.00 bits per heavy atom. The molecule has 0 atom stereocenters. The normalized spacial score (nSPS) is 14.0. The highest BCUT2D eigenvalue weighted by Crippen LogP contribution is 2.18. The topological polar surface area (TPSA) is 124 Å². The van der Waals surface area contributed by atoms with Gasteiger partial charge in [-0.25, -0.2) is 17.8 Å². The lowest BCUT2D eigenvalue weighted by molar-refractivity contribution is -0.385. The third kappa shape index (κ3) is 3.97. The average molecular weight is 378 g/mol. The van der Waals surface area contributed by atoms with E-state index in [9.17, 15) is 23.3 Å². The van der Waals surface area contributed by atoms with Gasteiger partial charge in [0.05, 0.1) is 22.1 Å². The molecule has 0 amide bonds. The monoisotopic (exact) mass is 378 g/mol. The van der Waals surface area contributed by atoms with Crippen LogP contribution in [0.25, 0.3) is 0 Å². The second-order valence-electron chi connectivity index (χ2n) is 6.04. The molecule has 0 bridgehead atoms. The fourth-order valence-corrected chi connectivity index (χ4v) is 3.95. The molecular weight excluding hydrogens is 360 g/mol. The van der Waals surface area contributed by atoms with E-state index in [2.05, 4.69) is 9.82 Å². The van der Waals surface area contributed by atoms with E-state index in [4.69, 9.17) is 0 Å². The molecular formula is C16H18N4O5S. The molecule has 3 rings (SSSR count). The first-order valence-corrected chi connectivity index (χ1v) is 9.69. The van der Waals surface area contributed by atoms with Crippen molar-refractivity contribution < 1.29 is 13.3 Å². The lowest BCUT2D eigenvalue weighted by Gasteiger charge is -2.16. The van der Waals surface area contributed by atoms with Gasteiger partial charge in [-0.05, 0) is 37.3 Å². The third-order valence-corrected chi connectivity index (χ3v) is 5.69. The number of fused-ring (bicyclic) bond motifs is 1. The molecule has 1 N–H and O–H groups in total. The van der Waals surface area contributed by atoms with E-state index in [1.165, 1.54) is 22.9 Å². The summed E-state index contributed by atoms with van der Waals surface area (Å²) < 4.78 is 28.1. The lowest BCUT2D eigenvalue weighted by atomic mass is 9.97. The van der Waals surface area contributed by atoms with Gasteiger partial charge in [-0.3, -0.25) is 14.9 Å². The first-order valence-electron chi connectivity index (χ1n) is 8.21. The van der Waals surface area contributed by atoms with Crippen molar-refractivity contribution in [3.8, 4) is 0 Å². The van der Waals surface area contributed by atoms with Crippen molar-refractivity contribution in [2.75, 3.05) is 6.54 Å². The summed E-state index contributed by atoms with van der Waals surface area (Å²) in [5, 5.41) is 15.1. The van der Waals surface area contributed by atoms with E-state index < -0.39 is 14.9 Å². The Hall–Kier alpha value is -2.59. The van der Waals surface area contributed by atoms with Crippen LogP contribution in [0.2, 0.25) is 0 Å². The molecule has 0 fully saturated rings. The summed E-state index contributed by atoms with van der Waals surface area (Å²) in [5.41, 5.74) is 1.28. The number of aromatic nitrogens is 2. The maximum absolute atomic E-state index is 12.3. The van der Waals surface area contributed by atoms with E-state index in [-0.39, 0.29) is 29.2 Å². The molecule has 26 heavy (non-hydrogen) atoms. The van der Waals surface area contributed by atoms with E-state index in [1.807, 2.05) is 0 Å². The Kier molecular flexibility index (Phi) is 5.14. The van der Waals surface area contributed by atoms with Crippen molar-refractivity contribution in [1.82, 2.24) is 14.5 Å². The fourth-order valence-electron chi connectivity index (χ4n) is 2.89. The first kappa shape index (κ1) is 18.2. The van der Waals surface area contributed by atoms with Gasteiger partial charge in [0.15, 0.2) is 0 Å². The van der Waals surface area contributed by atoms with Crippen molar-refractivity contribution in [3.63, 3.8) is 0 Å². The average Bonchev–Trinajstić information content (AvgIpc) is 2.62. The Morgan fingerprint density at radius 1 is 1.23 bits per heavy atom. The number of nitro groups is 1. The maximum Gasteiger partial charge on any atom is 0.270 e. The minimum Gasteiger partial charge on any atom is -0.268 e. The van der Waals surface area contributed by atoms with Crippen LogP contribution in [0.15, 0.2) is 40.0 Å². The van der Waals surface area contributed by atoms with Crippen LogP contribution in [0.4, 0.5) is 5.69 Å². The highest BCUT2D eigenvalue weighted by atomic mass is 32.2. The number of nitrogens with one attached hydrogen (secondary N) is 1. The molecule has 1 aromatic heterocycles. The van der Waals surface area contributed by atoms with Crippen LogP contribution in [0.3, 0.4) is 0 Å². The van der Waals surface area contributed by atoms with Crippen LogP contribution in [-0.4, -0.2) is 29.7 Å². The second-order valence-corrected chi connectivity index (χ2v) is 7.80. The van der Waals surface area contributed by atoms with Crippen LogP contribution >= 0.6 is 0 Å². The Balaban J connectivity index is 1.70. The summed E-state index contributed by atoms with van der Waals surface area (Å²) in [4.78, 5) is 22.0. The van der Waals surface area contributed by atoms with Crippen molar-refractivity contribution in [1.29, 1.82) is 0 Å². The molecule has 138 valence electrons. The quantitative estimate of drug-likeness (QED) is 0.591. The van der Waals surface area contributed by atoms with Crippen molar-refractivity contribution in [2.24, 2.45) is 0 Å². The SMILES string of the molecule is O=c1cc2c(nn1CCNS(=O)(=O)c1cccc([N+](=O)[O-])c1)CCCC2. The molecule has 0 spiro atoms. The molecule has 1 aromatic carbocycles. The Bertz CT molecular complexity index is 1000. The zero-order chi connectivity index (χ0) is 18.7. The summed E-state index contributed by atoms with van der Waals surface area (Å²) in [6.45, 7) is 0.0387.